The molecule has 2 aromatic rings. The van der Waals surface area contributed by atoms with Crippen LogP contribution in [0, 0.1) is 11.8 Å². The molecule has 2 heterocycles. The highest BCUT2D eigenvalue weighted by Gasteiger charge is 2.21. The summed E-state index contributed by atoms with van der Waals surface area (Å²) in [6.07, 6.45) is 22.5. The van der Waals surface area contributed by atoms with E-state index >= 15 is 0 Å². The normalized spacial score (nSPS) is 13.1. The number of aromatic nitrogens is 4. The van der Waals surface area contributed by atoms with Crippen LogP contribution in [0.25, 0.3) is 11.2 Å². The molecule has 248 valence electrons. The number of H-pyrrole nitrogens is 1. The highest BCUT2D eigenvalue weighted by atomic mass is 16.5. The molecule has 0 amide bonds. The number of hydrogen-bond donors (Lipinski definition) is 3. The maximum Gasteiger partial charge on any atom is 0.323 e. The number of allylic oxidation sites excluding steroid dienone is 2. The highest BCUT2D eigenvalue weighted by Crippen LogP contribution is 2.15. The second-order valence-corrected chi connectivity index (χ2v) is 12.1. The molecule has 0 aromatic carbocycles. The van der Waals surface area contributed by atoms with Gasteiger partial charge in [-0.1, -0.05) is 84.3 Å². The first-order chi connectivity index (χ1) is 21.2. The molecule has 0 aliphatic carbocycles. The topological polar surface area (TPSA) is 168 Å². The summed E-state index contributed by atoms with van der Waals surface area (Å²) in [6, 6.07) is -0.700. The Kier molecular flexibility index (Phi) is 18.1. The summed E-state index contributed by atoms with van der Waals surface area (Å²) in [5, 5.41) is 0. The third-order valence-corrected chi connectivity index (χ3v) is 7.83. The van der Waals surface area contributed by atoms with Gasteiger partial charge in [-0.15, -0.1) is 0 Å². The van der Waals surface area contributed by atoms with Crippen molar-refractivity contribution in [2.24, 2.45) is 17.6 Å². The molecular weight excluding hydrogens is 560 g/mol. The van der Waals surface area contributed by atoms with Gasteiger partial charge in [0.25, 0.3) is 5.56 Å². The van der Waals surface area contributed by atoms with E-state index in [-0.39, 0.29) is 42.5 Å². The molecule has 0 radical (unpaired) electrons. The fourth-order valence-corrected chi connectivity index (χ4v) is 4.93. The number of nitrogens with zero attached hydrogens (tertiary/aromatic N) is 3. The number of rotatable bonds is 24. The minimum Gasteiger partial charge on any atom is -0.465 e. The van der Waals surface area contributed by atoms with Crippen molar-refractivity contribution >= 4 is 29.1 Å². The molecule has 0 spiro atoms. The molecule has 0 bridgehead atoms. The Bertz CT molecular complexity index is 1190. The number of esters is 2. The molecule has 2 aromatic heterocycles. The number of fused-ring (bicyclic) bond motifs is 1. The summed E-state index contributed by atoms with van der Waals surface area (Å²) < 4.78 is 12.7. The second kappa shape index (κ2) is 21.5. The van der Waals surface area contributed by atoms with E-state index in [2.05, 4.69) is 34.0 Å². The third-order valence-electron chi connectivity index (χ3n) is 7.83. The lowest BCUT2D eigenvalue weighted by Crippen LogP contribution is -2.37. The molecule has 2 atom stereocenters. The summed E-state index contributed by atoms with van der Waals surface area (Å²) in [4.78, 5) is 47.7. The van der Waals surface area contributed by atoms with Crippen molar-refractivity contribution < 1.29 is 19.1 Å². The summed E-state index contributed by atoms with van der Waals surface area (Å²) >= 11 is 0. The summed E-state index contributed by atoms with van der Waals surface area (Å²) in [5.74, 6) is -0.975. The number of anilines is 1. The first-order valence-electron chi connectivity index (χ1n) is 16.7. The number of carbonyl (C=O) groups is 2. The van der Waals surface area contributed by atoms with Crippen LogP contribution in [0.4, 0.5) is 5.95 Å². The molecule has 0 unspecified atom stereocenters. The Labute approximate surface area is 262 Å². The SMILES string of the molecule is CCCCCCCC/C=C\CCCCCCCC(=O)OC[C@H](CCOC(=O)[C@@H](N)C(C)C)Cn1cnc2c(=O)[nH]c(N)nc21. The number of nitrogens with two attached hydrogens (primary N) is 2. The van der Waals surface area contributed by atoms with Crippen LogP contribution in [0.3, 0.4) is 0 Å². The Morgan fingerprint density at radius 2 is 1.61 bits per heavy atom. The monoisotopic (exact) mass is 616 g/mol. The van der Waals surface area contributed by atoms with E-state index in [4.69, 9.17) is 20.9 Å². The molecular formula is C33H56N6O5. The van der Waals surface area contributed by atoms with E-state index in [0.29, 0.717) is 25.0 Å². The van der Waals surface area contributed by atoms with Crippen molar-refractivity contribution in [3.63, 3.8) is 0 Å². The first kappa shape index (κ1) is 37.0. The fourth-order valence-electron chi connectivity index (χ4n) is 4.93. The highest BCUT2D eigenvalue weighted by molar-refractivity contribution is 5.75. The van der Waals surface area contributed by atoms with Gasteiger partial charge in [0.05, 0.1) is 19.5 Å². The van der Waals surface area contributed by atoms with Gasteiger partial charge in [0, 0.05) is 18.9 Å². The maximum absolute atomic E-state index is 12.5. The average molecular weight is 617 g/mol. The van der Waals surface area contributed by atoms with E-state index in [1.54, 1.807) is 4.57 Å². The van der Waals surface area contributed by atoms with Gasteiger partial charge in [-0.3, -0.25) is 19.4 Å². The van der Waals surface area contributed by atoms with Crippen LogP contribution in [0.15, 0.2) is 23.3 Å². The number of nitrogens with one attached hydrogen (secondary N) is 1. The van der Waals surface area contributed by atoms with Crippen molar-refractivity contribution in [2.75, 3.05) is 18.9 Å². The summed E-state index contributed by atoms with van der Waals surface area (Å²) in [6.45, 7) is 6.57. The third kappa shape index (κ3) is 14.5. The lowest BCUT2D eigenvalue weighted by molar-refractivity contribution is -0.149. The van der Waals surface area contributed by atoms with Crippen LogP contribution in [0.1, 0.15) is 117 Å². The Morgan fingerprint density at radius 1 is 0.977 bits per heavy atom. The standard InChI is InChI=1S/C33H56N6O5/c1-4-5-6-7-8-9-10-11-12-13-14-15-16-17-18-19-27(40)44-23-26(20-21-43-32(42)28(34)25(2)3)22-39-24-36-29-30(39)37-33(35)38-31(29)41/h11-12,24-26,28H,4-10,13-23,34H2,1-3H3,(H3,35,37,38,41)/b12-11-/t26-,28+/m1/s1. The minimum atomic E-state index is -0.700. The predicted molar refractivity (Wildman–Crippen MR) is 175 cm³/mol. The average Bonchev–Trinajstić information content (AvgIpc) is 3.39. The molecule has 0 saturated heterocycles. The smallest absolute Gasteiger partial charge is 0.323 e. The Morgan fingerprint density at radius 3 is 2.27 bits per heavy atom. The predicted octanol–water partition coefficient (Wildman–Crippen LogP) is 5.82. The molecule has 0 aliphatic heterocycles. The number of carbonyl (C=O) groups excluding carboxylic acids is 2. The molecule has 11 nitrogen and oxygen atoms in total. The van der Waals surface area contributed by atoms with Gasteiger partial charge in [0.2, 0.25) is 5.95 Å². The molecule has 5 N–H and O–H groups in total. The molecule has 44 heavy (non-hydrogen) atoms. The van der Waals surface area contributed by atoms with Gasteiger partial charge >= 0.3 is 11.9 Å². The van der Waals surface area contributed by atoms with Crippen molar-refractivity contribution in [1.29, 1.82) is 0 Å². The zero-order valence-corrected chi connectivity index (χ0v) is 27.2. The molecule has 0 saturated carbocycles. The number of hydrogen-bond acceptors (Lipinski definition) is 9. The van der Waals surface area contributed by atoms with E-state index in [9.17, 15) is 14.4 Å². The Hall–Kier alpha value is -3.21. The van der Waals surface area contributed by atoms with Crippen LogP contribution in [0.5, 0.6) is 0 Å². The Balaban J connectivity index is 1.71. The zero-order chi connectivity index (χ0) is 32.2. The number of unbranched alkanes of at least 4 members (excludes halogenated alkanes) is 11. The maximum atomic E-state index is 12.5. The molecule has 0 aliphatic rings. The lowest BCUT2D eigenvalue weighted by atomic mass is 10.1. The van der Waals surface area contributed by atoms with E-state index in [1.807, 2.05) is 13.8 Å². The van der Waals surface area contributed by atoms with Crippen LogP contribution in [0.2, 0.25) is 0 Å². The molecule has 2 rings (SSSR count). The lowest BCUT2D eigenvalue weighted by Gasteiger charge is -2.19. The number of ether oxygens (including phenoxy) is 2. The number of aromatic amines is 1. The van der Waals surface area contributed by atoms with Crippen molar-refractivity contribution in [3.8, 4) is 0 Å². The second-order valence-electron chi connectivity index (χ2n) is 12.1. The summed E-state index contributed by atoms with van der Waals surface area (Å²) in [5.41, 5.74) is 11.7. The van der Waals surface area contributed by atoms with Crippen LogP contribution in [-0.2, 0) is 25.6 Å². The van der Waals surface area contributed by atoms with Crippen molar-refractivity contribution in [1.82, 2.24) is 19.5 Å². The number of nitrogen functional groups attached to an aromatic ring is 1. The zero-order valence-electron chi connectivity index (χ0n) is 27.2. The van der Waals surface area contributed by atoms with Crippen LogP contribution >= 0.6 is 0 Å². The van der Waals surface area contributed by atoms with Gasteiger partial charge in [-0.05, 0) is 44.4 Å². The molecule has 0 fully saturated rings. The van der Waals surface area contributed by atoms with Gasteiger partial charge in [-0.2, -0.15) is 4.98 Å². The first-order valence-corrected chi connectivity index (χ1v) is 16.7. The minimum absolute atomic E-state index is 0.0104. The fraction of sp³-hybridized carbons (Fsp3) is 0.727. The van der Waals surface area contributed by atoms with E-state index in [1.165, 1.54) is 57.7 Å². The van der Waals surface area contributed by atoms with Crippen LogP contribution in [-0.4, -0.2) is 50.7 Å². The van der Waals surface area contributed by atoms with E-state index < -0.39 is 17.6 Å². The van der Waals surface area contributed by atoms with Gasteiger partial charge < -0.3 is 25.5 Å². The van der Waals surface area contributed by atoms with E-state index in [0.717, 1.165) is 32.1 Å². The van der Waals surface area contributed by atoms with Crippen molar-refractivity contribution in [2.45, 2.75) is 130 Å². The van der Waals surface area contributed by atoms with Gasteiger partial charge in [-0.25, -0.2) is 4.98 Å². The van der Waals surface area contributed by atoms with Crippen LogP contribution < -0.4 is 17.0 Å². The van der Waals surface area contributed by atoms with Gasteiger partial charge in [0.1, 0.15) is 6.04 Å². The largest absolute Gasteiger partial charge is 0.465 e. The van der Waals surface area contributed by atoms with Crippen molar-refractivity contribution in [3.05, 3.63) is 28.8 Å². The number of imidazole rings is 1. The molecule has 11 heteroatoms. The van der Waals surface area contributed by atoms with Gasteiger partial charge in [0.15, 0.2) is 11.2 Å². The quantitative estimate of drug-likeness (QED) is 0.0748. The summed E-state index contributed by atoms with van der Waals surface area (Å²) in [7, 11) is 0.